The monoisotopic (exact) mass is 156 g/mol. The van der Waals surface area contributed by atoms with E-state index in [0.717, 1.165) is 12.3 Å². The van der Waals surface area contributed by atoms with Crippen molar-refractivity contribution in [3.63, 3.8) is 0 Å². The lowest BCUT2D eigenvalue weighted by molar-refractivity contribution is -0.137. The SMILES string of the molecule is CO[C@](C)(CC1CC1)C(C)=O. The molecule has 0 aliphatic heterocycles. The van der Waals surface area contributed by atoms with Crippen LogP contribution in [-0.2, 0) is 9.53 Å². The van der Waals surface area contributed by atoms with Gasteiger partial charge in [-0.25, -0.2) is 0 Å². The molecule has 0 heterocycles. The van der Waals surface area contributed by atoms with E-state index in [-0.39, 0.29) is 5.78 Å². The van der Waals surface area contributed by atoms with Gasteiger partial charge in [-0.2, -0.15) is 0 Å². The number of Topliss-reactive ketones (excluding diaryl/α,β-unsaturated/α-hetero) is 1. The summed E-state index contributed by atoms with van der Waals surface area (Å²) >= 11 is 0. The van der Waals surface area contributed by atoms with Gasteiger partial charge in [0.2, 0.25) is 0 Å². The van der Waals surface area contributed by atoms with Gasteiger partial charge in [0.15, 0.2) is 5.78 Å². The highest BCUT2D eigenvalue weighted by Gasteiger charge is 2.36. The van der Waals surface area contributed by atoms with Gasteiger partial charge < -0.3 is 4.74 Å². The Bertz CT molecular complexity index is 161. The fraction of sp³-hybridized carbons (Fsp3) is 0.889. The number of hydrogen-bond acceptors (Lipinski definition) is 2. The molecule has 0 aromatic carbocycles. The first kappa shape index (κ1) is 8.72. The maximum absolute atomic E-state index is 11.1. The van der Waals surface area contributed by atoms with Gasteiger partial charge in [0.25, 0.3) is 0 Å². The molecule has 0 radical (unpaired) electrons. The van der Waals surface area contributed by atoms with Gasteiger partial charge in [0, 0.05) is 7.11 Å². The second-order valence-corrected chi connectivity index (χ2v) is 3.64. The summed E-state index contributed by atoms with van der Waals surface area (Å²) in [6.07, 6.45) is 3.44. The van der Waals surface area contributed by atoms with Crippen molar-refractivity contribution in [2.45, 2.75) is 38.7 Å². The third kappa shape index (κ3) is 2.03. The molecule has 64 valence electrons. The van der Waals surface area contributed by atoms with Gasteiger partial charge in [0.1, 0.15) is 5.60 Å². The standard InChI is InChI=1S/C9H16O2/c1-7(10)9(2,11-3)6-8-4-5-8/h8H,4-6H2,1-3H3/t9-/m1/s1. The highest BCUT2D eigenvalue weighted by atomic mass is 16.5. The Morgan fingerprint density at radius 1 is 1.64 bits per heavy atom. The Morgan fingerprint density at radius 3 is 2.45 bits per heavy atom. The highest BCUT2D eigenvalue weighted by Crippen LogP contribution is 2.38. The van der Waals surface area contributed by atoms with Crippen molar-refractivity contribution < 1.29 is 9.53 Å². The van der Waals surface area contributed by atoms with Crippen molar-refractivity contribution >= 4 is 5.78 Å². The van der Waals surface area contributed by atoms with E-state index in [1.807, 2.05) is 6.92 Å². The zero-order valence-electron chi connectivity index (χ0n) is 7.52. The normalized spacial score (nSPS) is 22.8. The number of rotatable bonds is 4. The lowest BCUT2D eigenvalue weighted by Gasteiger charge is -2.24. The molecule has 0 spiro atoms. The van der Waals surface area contributed by atoms with Crippen molar-refractivity contribution in [2.75, 3.05) is 7.11 Å². The first-order valence-corrected chi connectivity index (χ1v) is 4.14. The minimum atomic E-state index is -0.513. The Balaban J connectivity index is 2.49. The third-order valence-electron chi connectivity index (χ3n) is 2.57. The summed E-state index contributed by atoms with van der Waals surface area (Å²) in [5.74, 6) is 0.885. The van der Waals surface area contributed by atoms with Gasteiger partial charge in [-0.05, 0) is 26.2 Å². The molecule has 0 bridgehead atoms. The molecule has 0 N–H and O–H groups in total. The molecule has 2 nitrogen and oxygen atoms in total. The number of hydrogen-bond donors (Lipinski definition) is 0. The maximum atomic E-state index is 11.1. The van der Waals surface area contributed by atoms with Crippen LogP contribution in [0.25, 0.3) is 0 Å². The van der Waals surface area contributed by atoms with Crippen LogP contribution in [0.4, 0.5) is 0 Å². The van der Waals surface area contributed by atoms with Crippen LogP contribution in [0.1, 0.15) is 33.1 Å². The summed E-state index contributed by atoms with van der Waals surface area (Å²) in [7, 11) is 1.61. The van der Waals surface area contributed by atoms with E-state index in [2.05, 4.69) is 0 Å². The van der Waals surface area contributed by atoms with E-state index in [1.165, 1.54) is 12.8 Å². The fourth-order valence-electron chi connectivity index (χ4n) is 1.24. The van der Waals surface area contributed by atoms with Gasteiger partial charge in [-0.1, -0.05) is 12.8 Å². The molecule has 0 aromatic heterocycles. The summed E-state index contributed by atoms with van der Waals surface area (Å²) < 4.78 is 5.20. The Labute approximate surface area is 67.9 Å². The minimum Gasteiger partial charge on any atom is -0.371 e. The van der Waals surface area contributed by atoms with Crippen LogP contribution in [0.2, 0.25) is 0 Å². The molecule has 1 aliphatic carbocycles. The van der Waals surface area contributed by atoms with Crippen molar-refractivity contribution in [1.82, 2.24) is 0 Å². The molecular weight excluding hydrogens is 140 g/mol. The molecule has 0 amide bonds. The lowest BCUT2D eigenvalue weighted by atomic mass is 9.95. The van der Waals surface area contributed by atoms with Gasteiger partial charge >= 0.3 is 0 Å². The summed E-state index contributed by atoms with van der Waals surface area (Å²) in [6, 6.07) is 0. The average Bonchev–Trinajstić information content (AvgIpc) is 2.71. The lowest BCUT2D eigenvalue weighted by Crippen LogP contribution is -2.36. The number of carbonyl (C=O) groups excluding carboxylic acids is 1. The van der Waals surface area contributed by atoms with Crippen molar-refractivity contribution in [3.05, 3.63) is 0 Å². The molecule has 1 saturated carbocycles. The first-order valence-electron chi connectivity index (χ1n) is 4.14. The molecule has 1 atom stereocenters. The second-order valence-electron chi connectivity index (χ2n) is 3.64. The van der Waals surface area contributed by atoms with Crippen molar-refractivity contribution in [2.24, 2.45) is 5.92 Å². The smallest absolute Gasteiger partial charge is 0.161 e. The van der Waals surface area contributed by atoms with E-state index < -0.39 is 5.60 Å². The van der Waals surface area contributed by atoms with Crippen LogP contribution in [0.15, 0.2) is 0 Å². The summed E-state index contributed by atoms with van der Waals surface area (Å²) in [6.45, 7) is 3.49. The van der Waals surface area contributed by atoms with Gasteiger partial charge in [-0.3, -0.25) is 4.79 Å². The average molecular weight is 156 g/mol. The first-order chi connectivity index (χ1) is 5.08. The predicted octanol–water partition coefficient (Wildman–Crippen LogP) is 1.78. The molecule has 0 aromatic rings. The van der Waals surface area contributed by atoms with Gasteiger partial charge in [-0.15, -0.1) is 0 Å². The van der Waals surface area contributed by atoms with Crippen LogP contribution >= 0.6 is 0 Å². The van der Waals surface area contributed by atoms with E-state index in [0.29, 0.717) is 0 Å². The molecule has 0 unspecified atom stereocenters. The third-order valence-corrected chi connectivity index (χ3v) is 2.57. The van der Waals surface area contributed by atoms with E-state index in [1.54, 1.807) is 14.0 Å². The van der Waals surface area contributed by atoms with Crippen molar-refractivity contribution in [1.29, 1.82) is 0 Å². The Hall–Kier alpha value is -0.370. The number of carbonyl (C=O) groups is 1. The zero-order valence-corrected chi connectivity index (χ0v) is 7.52. The molecular formula is C9H16O2. The number of ketones is 1. The van der Waals surface area contributed by atoms with Crippen LogP contribution in [-0.4, -0.2) is 18.5 Å². The molecule has 1 rings (SSSR count). The minimum absolute atomic E-state index is 0.145. The molecule has 1 fully saturated rings. The van der Waals surface area contributed by atoms with Crippen LogP contribution < -0.4 is 0 Å². The number of methoxy groups -OCH3 is 1. The highest BCUT2D eigenvalue weighted by molar-refractivity contribution is 5.84. The Morgan fingerprint density at radius 2 is 2.18 bits per heavy atom. The molecule has 11 heavy (non-hydrogen) atoms. The maximum Gasteiger partial charge on any atom is 0.161 e. The summed E-state index contributed by atoms with van der Waals surface area (Å²) in [4.78, 5) is 11.1. The van der Waals surface area contributed by atoms with Crippen LogP contribution in [0.5, 0.6) is 0 Å². The van der Waals surface area contributed by atoms with Crippen molar-refractivity contribution in [3.8, 4) is 0 Å². The largest absolute Gasteiger partial charge is 0.371 e. The second kappa shape index (κ2) is 2.94. The van der Waals surface area contributed by atoms with E-state index >= 15 is 0 Å². The molecule has 0 saturated heterocycles. The summed E-state index contributed by atoms with van der Waals surface area (Å²) in [5, 5.41) is 0. The number of ether oxygens (including phenoxy) is 1. The van der Waals surface area contributed by atoms with Crippen LogP contribution in [0.3, 0.4) is 0 Å². The van der Waals surface area contributed by atoms with Gasteiger partial charge in [0.05, 0.1) is 0 Å². The molecule has 1 aliphatic rings. The topological polar surface area (TPSA) is 26.3 Å². The Kier molecular flexibility index (Phi) is 2.33. The van der Waals surface area contributed by atoms with E-state index in [4.69, 9.17) is 4.74 Å². The zero-order chi connectivity index (χ0) is 8.48. The quantitative estimate of drug-likeness (QED) is 0.620. The summed E-state index contributed by atoms with van der Waals surface area (Å²) in [5.41, 5.74) is -0.513. The van der Waals surface area contributed by atoms with E-state index in [9.17, 15) is 4.79 Å². The predicted molar refractivity (Wildman–Crippen MR) is 43.4 cm³/mol. The fourth-order valence-corrected chi connectivity index (χ4v) is 1.24. The van der Waals surface area contributed by atoms with Crippen LogP contribution in [0, 0.1) is 5.92 Å². The molecule has 2 heteroatoms.